The van der Waals surface area contributed by atoms with Crippen LogP contribution in [0.2, 0.25) is 0 Å². The Hall–Kier alpha value is -7.13. The molecule has 2 heteroatoms. The van der Waals surface area contributed by atoms with Gasteiger partial charge >= 0.3 is 0 Å². The number of aliphatic imine (C=N–C) groups is 1. The predicted molar refractivity (Wildman–Crippen MR) is 235 cm³/mol. The van der Waals surface area contributed by atoms with E-state index in [1.807, 2.05) is 0 Å². The highest BCUT2D eigenvalue weighted by Gasteiger charge is 2.42. The number of hydrogen-bond acceptors (Lipinski definition) is 1. The second-order valence-electron chi connectivity index (χ2n) is 14.4. The molecule has 11 rings (SSSR count). The van der Waals surface area contributed by atoms with Gasteiger partial charge in [-0.1, -0.05) is 170 Å². The zero-order chi connectivity index (χ0) is 36.3. The lowest BCUT2D eigenvalue weighted by Crippen LogP contribution is -2.35. The fourth-order valence-electron chi connectivity index (χ4n) is 9.09. The normalized spacial score (nSPS) is 14.9. The van der Waals surface area contributed by atoms with Crippen LogP contribution in [0.25, 0.3) is 76.5 Å². The topological polar surface area (TPSA) is 12.4 Å². The molecule has 2 nitrogen and oxygen atoms in total. The number of para-hydroxylation sites is 2. The minimum absolute atomic E-state index is 0.373. The summed E-state index contributed by atoms with van der Waals surface area (Å²) in [4.78, 5) is 5.28. The molecule has 0 saturated heterocycles. The van der Waals surface area contributed by atoms with Crippen LogP contribution < -0.4 is 4.48 Å². The minimum atomic E-state index is 0.373. The number of nitrogens with zero attached hydrogens (tertiary/aromatic N) is 2. The first-order valence-corrected chi connectivity index (χ1v) is 18.9. The first-order valence-electron chi connectivity index (χ1n) is 18.9. The Kier molecular flexibility index (Phi) is 7.13. The van der Waals surface area contributed by atoms with Gasteiger partial charge in [0.05, 0.1) is 0 Å². The third kappa shape index (κ3) is 4.76. The van der Waals surface area contributed by atoms with Crippen molar-refractivity contribution in [2.24, 2.45) is 4.99 Å². The highest BCUT2D eigenvalue weighted by atomic mass is 15.4. The van der Waals surface area contributed by atoms with Gasteiger partial charge < -0.3 is 0 Å². The summed E-state index contributed by atoms with van der Waals surface area (Å²) in [7, 11) is 0. The van der Waals surface area contributed by atoms with Crippen LogP contribution in [0.3, 0.4) is 0 Å². The summed E-state index contributed by atoms with van der Waals surface area (Å²) in [6, 6.07) is 75.2. The molecule has 0 N–H and O–H groups in total. The van der Waals surface area contributed by atoms with E-state index in [0.29, 0.717) is 4.48 Å². The Balaban J connectivity index is 1.29. The molecular weight excluding hydrogens is 665 g/mol. The van der Waals surface area contributed by atoms with Gasteiger partial charge in [-0.25, -0.2) is 0 Å². The van der Waals surface area contributed by atoms with Crippen LogP contribution in [0, 0.1) is 0 Å². The standard InChI is InChI=1S/C53H35N2/c1-3-16-38(17-4-1)43-28-15-31-50-53(43)54-35-55(50,39-22-5-2-6-23-39)40-32-33-48-49(34-40)52(45-30-14-21-37-19-8-10-25-42(37)45)47-27-12-11-26-46(47)51(48)44-29-13-20-36-18-7-9-24-41(36)44/h1-35H/q+1. The first-order chi connectivity index (χ1) is 27.3. The quantitative estimate of drug-likeness (QED) is 0.125. The summed E-state index contributed by atoms with van der Waals surface area (Å²) in [6.07, 6.45) is 2.14. The molecule has 0 radical (unpaired) electrons. The Morgan fingerprint density at radius 2 is 0.818 bits per heavy atom. The van der Waals surface area contributed by atoms with Crippen molar-refractivity contribution < 1.29 is 0 Å². The van der Waals surface area contributed by atoms with E-state index >= 15 is 0 Å². The third-order valence-electron chi connectivity index (χ3n) is 11.5. The van der Waals surface area contributed by atoms with Gasteiger partial charge in [0, 0.05) is 35.9 Å². The van der Waals surface area contributed by atoms with Crippen LogP contribution in [-0.4, -0.2) is 6.34 Å². The van der Waals surface area contributed by atoms with Crippen LogP contribution in [0.4, 0.5) is 22.7 Å². The fraction of sp³-hybridized carbons (Fsp3) is 0. The molecule has 1 aliphatic heterocycles. The Labute approximate surface area is 320 Å². The molecule has 0 aliphatic carbocycles. The van der Waals surface area contributed by atoms with Crippen LogP contribution in [0.1, 0.15) is 0 Å². The largest absolute Gasteiger partial charge is 0.206 e. The lowest BCUT2D eigenvalue weighted by molar-refractivity contribution is 0.788. The molecule has 1 heterocycles. The monoisotopic (exact) mass is 699 g/mol. The van der Waals surface area contributed by atoms with E-state index in [4.69, 9.17) is 4.99 Å². The maximum Gasteiger partial charge on any atom is 0.206 e. The van der Waals surface area contributed by atoms with Crippen molar-refractivity contribution in [2.45, 2.75) is 0 Å². The molecule has 1 unspecified atom stereocenters. The Morgan fingerprint density at radius 3 is 1.47 bits per heavy atom. The van der Waals surface area contributed by atoms with Crippen LogP contribution >= 0.6 is 0 Å². The van der Waals surface area contributed by atoms with Gasteiger partial charge in [0.2, 0.25) is 6.34 Å². The summed E-state index contributed by atoms with van der Waals surface area (Å²) in [5.74, 6) is 0. The lowest BCUT2D eigenvalue weighted by Gasteiger charge is -2.31. The van der Waals surface area contributed by atoms with Crippen molar-refractivity contribution in [1.29, 1.82) is 0 Å². The van der Waals surface area contributed by atoms with Crippen LogP contribution in [0.5, 0.6) is 0 Å². The molecule has 256 valence electrons. The summed E-state index contributed by atoms with van der Waals surface area (Å²) < 4.78 is 0.373. The van der Waals surface area contributed by atoms with Gasteiger partial charge in [0.25, 0.3) is 0 Å². The van der Waals surface area contributed by atoms with E-state index in [1.54, 1.807) is 0 Å². The molecule has 0 saturated carbocycles. The smallest absolute Gasteiger partial charge is 0.196 e. The van der Waals surface area contributed by atoms with Crippen LogP contribution in [0.15, 0.2) is 211 Å². The number of benzene rings is 10. The average molecular weight is 700 g/mol. The molecule has 0 bridgehead atoms. The van der Waals surface area contributed by atoms with Crippen molar-refractivity contribution in [3.63, 3.8) is 0 Å². The van der Waals surface area contributed by atoms with E-state index in [2.05, 4.69) is 213 Å². The first kappa shape index (κ1) is 31.4. The summed E-state index contributed by atoms with van der Waals surface area (Å²) >= 11 is 0. The van der Waals surface area contributed by atoms with Gasteiger partial charge in [0.1, 0.15) is 17.1 Å². The second-order valence-corrected chi connectivity index (χ2v) is 14.4. The van der Waals surface area contributed by atoms with Gasteiger partial charge in [-0.2, -0.15) is 9.48 Å². The van der Waals surface area contributed by atoms with E-state index in [-0.39, 0.29) is 0 Å². The molecule has 0 aromatic heterocycles. The molecular formula is C53H35N2+. The molecule has 1 aliphatic rings. The van der Waals surface area contributed by atoms with Crippen molar-refractivity contribution in [1.82, 2.24) is 4.48 Å². The molecule has 55 heavy (non-hydrogen) atoms. The SMILES string of the molecule is C1=Nc2c(-c3ccccc3)cccc2[N+]1(c1ccccc1)c1ccc2c(-c3cccc4ccccc34)c3ccccc3c(-c3cccc4ccccc34)c2c1. The highest BCUT2D eigenvalue weighted by molar-refractivity contribution is 6.26. The van der Waals surface area contributed by atoms with Crippen molar-refractivity contribution in [3.05, 3.63) is 206 Å². The molecule has 1 atom stereocenters. The van der Waals surface area contributed by atoms with Gasteiger partial charge in [0.15, 0.2) is 5.69 Å². The van der Waals surface area contributed by atoms with E-state index in [9.17, 15) is 0 Å². The minimum Gasteiger partial charge on any atom is -0.196 e. The molecule has 10 aromatic carbocycles. The van der Waals surface area contributed by atoms with Crippen molar-refractivity contribution >= 4 is 72.2 Å². The number of hydrogen-bond donors (Lipinski definition) is 0. The lowest BCUT2D eigenvalue weighted by atomic mass is 9.83. The van der Waals surface area contributed by atoms with Gasteiger partial charge in [-0.3, -0.25) is 0 Å². The van der Waals surface area contributed by atoms with Crippen molar-refractivity contribution in [3.8, 4) is 33.4 Å². The zero-order valence-electron chi connectivity index (χ0n) is 30.1. The summed E-state index contributed by atoms with van der Waals surface area (Å²) in [5, 5.41) is 9.88. The van der Waals surface area contributed by atoms with E-state index < -0.39 is 0 Å². The number of rotatable bonds is 5. The number of fused-ring (bicyclic) bond motifs is 5. The zero-order valence-corrected chi connectivity index (χ0v) is 30.1. The van der Waals surface area contributed by atoms with Crippen LogP contribution in [-0.2, 0) is 0 Å². The molecule has 0 spiro atoms. The summed E-state index contributed by atoms with van der Waals surface area (Å²) in [5.41, 5.74) is 11.7. The molecule has 0 amide bonds. The maximum absolute atomic E-state index is 5.28. The summed E-state index contributed by atoms with van der Waals surface area (Å²) in [6.45, 7) is 0. The Bertz CT molecular complexity index is 3130. The predicted octanol–water partition coefficient (Wildman–Crippen LogP) is 14.9. The highest BCUT2D eigenvalue weighted by Crippen LogP contribution is 2.55. The van der Waals surface area contributed by atoms with E-state index in [0.717, 1.165) is 33.9 Å². The molecule has 10 aromatic rings. The fourth-order valence-corrected chi connectivity index (χ4v) is 9.09. The molecule has 0 fully saturated rings. The number of quaternary nitrogens is 1. The third-order valence-corrected chi connectivity index (χ3v) is 11.5. The van der Waals surface area contributed by atoms with Gasteiger partial charge in [-0.05, 0) is 77.0 Å². The van der Waals surface area contributed by atoms with Gasteiger partial charge in [-0.15, -0.1) is 0 Å². The Morgan fingerprint density at radius 1 is 0.327 bits per heavy atom. The van der Waals surface area contributed by atoms with Crippen molar-refractivity contribution in [2.75, 3.05) is 0 Å². The maximum atomic E-state index is 5.28. The second kappa shape index (κ2) is 12.5. The van der Waals surface area contributed by atoms with E-state index in [1.165, 1.54) is 65.3 Å². The average Bonchev–Trinajstić information content (AvgIpc) is 3.66.